The SMILES string of the molecule is CCN(CC)C(CNC(=O)C(C)(C)CC)c1ccccc1Cl. The summed E-state index contributed by atoms with van der Waals surface area (Å²) in [4.78, 5) is 14.7. The number of hydrogen-bond donors (Lipinski definition) is 1. The van der Waals surface area contributed by atoms with Crippen molar-refractivity contribution < 1.29 is 4.79 Å². The van der Waals surface area contributed by atoms with E-state index in [2.05, 4.69) is 24.1 Å². The van der Waals surface area contributed by atoms with Gasteiger partial charge in [0.15, 0.2) is 0 Å². The van der Waals surface area contributed by atoms with E-state index in [4.69, 9.17) is 11.6 Å². The molecular formula is C18H29ClN2O. The molecule has 1 rings (SSSR count). The van der Waals surface area contributed by atoms with Crippen LogP contribution >= 0.6 is 11.6 Å². The quantitative estimate of drug-likeness (QED) is 0.774. The Morgan fingerprint density at radius 1 is 1.23 bits per heavy atom. The van der Waals surface area contributed by atoms with Gasteiger partial charge in [-0.05, 0) is 31.1 Å². The minimum atomic E-state index is -0.339. The monoisotopic (exact) mass is 324 g/mol. The highest BCUT2D eigenvalue weighted by atomic mass is 35.5. The number of nitrogens with zero attached hydrogens (tertiary/aromatic N) is 1. The summed E-state index contributed by atoms with van der Waals surface area (Å²) >= 11 is 6.37. The minimum absolute atomic E-state index is 0.0965. The van der Waals surface area contributed by atoms with Gasteiger partial charge < -0.3 is 5.32 Å². The summed E-state index contributed by atoms with van der Waals surface area (Å²) in [6, 6.07) is 7.98. The predicted octanol–water partition coefficient (Wildman–Crippen LogP) is 4.28. The molecule has 0 bridgehead atoms. The van der Waals surface area contributed by atoms with Gasteiger partial charge >= 0.3 is 0 Å². The Hall–Kier alpha value is -1.06. The first-order chi connectivity index (χ1) is 10.4. The normalized spacial score (nSPS) is 13.2. The van der Waals surface area contributed by atoms with E-state index in [1.54, 1.807) is 0 Å². The van der Waals surface area contributed by atoms with E-state index in [1.807, 2.05) is 45.0 Å². The number of halogens is 1. The van der Waals surface area contributed by atoms with Gasteiger partial charge in [0, 0.05) is 17.0 Å². The van der Waals surface area contributed by atoms with E-state index in [-0.39, 0.29) is 17.4 Å². The molecule has 0 aliphatic carbocycles. The number of nitrogens with one attached hydrogen (secondary N) is 1. The first kappa shape index (κ1) is 19.0. The van der Waals surface area contributed by atoms with Crippen LogP contribution in [0.2, 0.25) is 5.02 Å². The largest absolute Gasteiger partial charge is 0.354 e. The highest BCUT2D eigenvalue weighted by molar-refractivity contribution is 6.31. The van der Waals surface area contributed by atoms with Crippen molar-refractivity contribution in [3.05, 3.63) is 34.9 Å². The van der Waals surface area contributed by atoms with Gasteiger partial charge in [-0.15, -0.1) is 0 Å². The Labute approximate surface area is 140 Å². The van der Waals surface area contributed by atoms with Crippen molar-refractivity contribution >= 4 is 17.5 Å². The van der Waals surface area contributed by atoms with E-state index < -0.39 is 0 Å². The van der Waals surface area contributed by atoms with E-state index in [1.165, 1.54) is 0 Å². The Morgan fingerprint density at radius 3 is 2.32 bits per heavy atom. The Morgan fingerprint density at radius 2 is 1.82 bits per heavy atom. The second-order valence-corrected chi connectivity index (χ2v) is 6.61. The molecule has 1 atom stereocenters. The number of amides is 1. The van der Waals surface area contributed by atoms with Gasteiger partial charge in [-0.1, -0.05) is 64.4 Å². The first-order valence-corrected chi connectivity index (χ1v) is 8.51. The van der Waals surface area contributed by atoms with Gasteiger partial charge in [0.05, 0.1) is 6.04 Å². The summed E-state index contributed by atoms with van der Waals surface area (Å²) in [6.07, 6.45) is 0.820. The summed E-state index contributed by atoms with van der Waals surface area (Å²) in [5, 5.41) is 3.86. The lowest BCUT2D eigenvalue weighted by Gasteiger charge is -2.32. The molecule has 0 aliphatic rings. The maximum atomic E-state index is 12.4. The van der Waals surface area contributed by atoms with Crippen LogP contribution in [0.4, 0.5) is 0 Å². The number of rotatable bonds is 8. The van der Waals surface area contributed by atoms with Gasteiger partial charge in [-0.2, -0.15) is 0 Å². The van der Waals surface area contributed by atoms with E-state index in [0.717, 1.165) is 30.1 Å². The van der Waals surface area contributed by atoms with Crippen molar-refractivity contribution in [2.45, 2.75) is 47.1 Å². The molecule has 22 heavy (non-hydrogen) atoms. The third-order valence-electron chi connectivity index (χ3n) is 4.47. The van der Waals surface area contributed by atoms with Crippen LogP contribution in [-0.4, -0.2) is 30.4 Å². The zero-order chi connectivity index (χ0) is 16.8. The van der Waals surface area contributed by atoms with Crippen LogP contribution in [0.5, 0.6) is 0 Å². The van der Waals surface area contributed by atoms with Crippen LogP contribution in [0, 0.1) is 5.41 Å². The highest BCUT2D eigenvalue weighted by Gasteiger charge is 2.27. The average Bonchev–Trinajstić information content (AvgIpc) is 2.52. The number of carbonyl (C=O) groups is 1. The van der Waals surface area contributed by atoms with Crippen molar-refractivity contribution in [1.82, 2.24) is 10.2 Å². The zero-order valence-electron chi connectivity index (χ0n) is 14.4. The van der Waals surface area contributed by atoms with Gasteiger partial charge in [-0.3, -0.25) is 9.69 Å². The molecule has 0 radical (unpaired) electrons. The van der Waals surface area contributed by atoms with Gasteiger partial charge in [0.2, 0.25) is 5.91 Å². The molecule has 0 spiro atoms. The topological polar surface area (TPSA) is 32.3 Å². The highest BCUT2D eigenvalue weighted by Crippen LogP contribution is 2.27. The predicted molar refractivity (Wildman–Crippen MR) is 94.2 cm³/mol. The van der Waals surface area contributed by atoms with E-state index in [9.17, 15) is 4.79 Å². The molecule has 1 unspecified atom stereocenters. The molecule has 1 N–H and O–H groups in total. The molecule has 1 amide bonds. The fourth-order valence-electron chi connectivity index (χ4n) is 2.43. The lowest BCUT2D eigenvalue weighted by Crippen LogP contribution is -2.42. The number of hydrogen-bond acceptors (Lipinski definition) is 2. The molecule has 3 nitrogen and oxygen atoms in total. The third-order valence-corrected chi connectivity index (χ3v) is 4.82. The van der Waals surface area contributed by atoms with Crippen molar-refractivity contribution in [3.8, 4) is 0 Å². The van der Waals surface area contributed by atoms with Crippen LogP contribution in [0.3, 0.4) is 0 Å². The molecule has 1 aromatic rings. The fraction of sp³-hybridized carbons (Fsp3) is 0.611. The second-order valence-electron chi connectivity index (χ2n) is 6.21. The molecule has 0 saturated heterocycles. The van der Waals surface area contributed by atoms with Crippen LogP contribution in [0.25, 0.3) is 0 Å². The Balaban J connectivity index is 2.94. The number of carbonyl (C=O) groups excluding carboxylic acids is 1. The fourth-order valence-corrected chi connectivity index (χ4v) is 2.70. The van der Waals surface area contributed by atoms with Crippen LogP contribution < -0.4 is 5.32 Å². The van der Waals surface area contributed by atoms with Gasteiger partial charge in [0.25, 0.3) is 0 Å². The summed E-state index contributed by atoms with van der Waals surface area (Å²) < 4.78 is 0. The molecule has 1 aromatic carbocycles. The molecule has 124 valence electrons. The summed E-state index contributed by atoms with van der Waals surface area (Å²) in [6.45, 7) is 12.7. The van der Waals surface area contributed by atoms with Crippen LogP contribution in [0.15, 0.2) is 24.3 Å². The molecule has 4 heteroatoms. The third kappa shape index (κ3) is 4.72. The standard InChI is InChI=1S/C18H29ClN2O/c1-6-18(4,5)17(22)20-13-16(21(7-2)8-3)14-11-9-10-12-15(14)19/h9-12,16H,6-8,13H2,1-5H3,(H,20,22). The Bertz CT molecular complexity index is 484. The second kappa shape index (κ2) is 8.54. The molecule has 0 aromatic heterocycles. The van der Waals surface area contributed by atoms with Crippen molar-refractivity contribution in [1.29, 1.82) is 0 Å². The van der Waals surface area contributed by atoms with Crippen molar-refractivity contribution in [2.75, 3.05) is 19.6 Å². The van der Waals surface area contributed by atoms with Crippen molar-refractivity contribution in [2.24, 2.45) is 5.41 Å². The number of likely N-dealkylation sites (N-methyl/N-ethyl adjacent to an activating group) is 1. The van der Waals surface area contributed by atoms with Crippen molar-refractivity contribution in [3.63, 3.8) is 0 Å². The lowest BCUT2D eigenvalue weighted by atomic mass is 9.89. The molecule has 0 fully saturated rings. The van der Waals surface area contributed by atoms with E-state index in [0.29, 0.717) is 6.54 Å². The minimum Gasteiger partial charge on any atom is -0.354 e. The molecule has 0 heterocycles. The van der Waals surface area contributed by atoms with Gasteiger partial charge in [0.1, 0.15) is 0 Å². The smallest absolute Gasteiger partial charge is 0.225 e. The zero-order valence-corrected chi connectivity index (χ0v) is 15.2. The maximum absolute atomic E-state index is 12.4. The molecular weight excluding hydrogens is 296 g/mol. The summed E-state index contributed by atoms with van der Waals surface area (Å²) in [5.74, 6) is 0.0965. The first-order valence-electron chi connectivity index (χ1n) is 8.14. The summed E-state index contributed by atoms with van der Waals surface area (Å²) in [5.41, 5.74) is 0.733. The molecule has 0 saturated carbocycles. The maximum Gasteiger partial charge on any atom is 0.225 e. The van der Waals surface area contributed by atoms with Gasteiger partial charge in [-0.25, -0.2) is 0 Å². The van der Waals surface area contributed by atoms with Crippen LogP contribution in [-0.2, 0) is 4.79 Å². The van der Waals surface area contributed by atoms with E-state index >= 15 is 0 Å². The summed E-state index contributed by atoms with van der Waals surface area (Å²) in [7, 11) is 0. The average molecular weight is 325 g/mol. The molecule has 0 aliphatic heterocycles. The lowest BCUT2D eigenvalue weighted by molar-refractivity contribution is -0.129. The Kier molecular flexibility index (Phi) is 7.37. The number of benzene rings is 1. The van der Waals surface area contributed by atoms with Crippen LogP contribution in [0.1, 0.15) is 52.6 Å².